The van der Waals surface area contributed by atoms with Crippen LogP contribution >= 0.6 is 0 Å². The summed E-state index contributed by atoms with van der Waals surface area (Å²) in [4.78, 5) is 16.7. The molecule has 0 saturated carbocycles. The number of ether oxygens (including phenoxy) is 1. The summed E-state index contributed by atoms with van der Waals surface area (Å²) >= 11 is 0. The first-order valence-corrected chi connectivity index (χ1v) is 10.6. The summed E-state index contributed by atoms with van der Waals surface area (Å²) in [6.45, 7) is 0.315. The Balaban J connectivity index is 1.46. The summed E-state index contributed by atoms with van der Waals surface area (Å²) in [5.74, 6) is 0.787. The monoisotopic (exact) mass is 473 g/mol. The van der Waals surface area contributed by atoms with Gasteiger partial charge in [-0.05, 0) is 48.0 Å². The van der Waals surface area contributed by atoms with Crippen LogP contribution < -0.4 is 10.1 Å². The fourth-order valence-electron chi connectivity index (χ4n) is 3.56. The molecule has 0 aliphatic rings. The highest BCUT2D eigenvalue weighted by atomic mass is 19.4. The van der Waals surface area contributed by atoms with Gasteiger partial charge >= 0.3 is 6.18 Å². The second-order valence-electron chi connectivity index (χ2n) is 7.67. The van der Waals surface area contributed by atoms with Gasteiger partial charge in [0.05, 0.1) is 16.8 Å². The predicted molar refractivity (Wildman–Crippen MR) is 126 cm³/mol. The molecule has 1 N–H and O–H groups in total. The summed E-state index contributed by atoms with van der Waals surface area (Å²) in [5.41, 5.74) is 2.08. The van der Waals surface area contributed by atoms with Crippen molar-refractivity contribution in [2.45, 2.75) is 12.7 Å². The van der Waals surface area contributed by atoms with Crippen molar-refractivity contribution >= 4 is 16.6 Å². The molecule has 0 fully saturated rings. The van der Waals surface area contributed by atoms with Crippen LogP contribution in [0.25, 0.3) is 22.2 Å². The van der Waals surface area contributed by atoms with Crippen molar-refractivity contribution < 1.29 is 17.9 Å². The Labute approximate surface area is 198 Å². The molecule has 35 heavy (non-hydrogen) atoms. The van der Waals surface area contributed by atoms with Gasteiger partial charge in [-0.25, -0.2) is 9.97 Å². The van der Waals surface area contributed by atoms with E-state index in [2.05, 4.69) is 25.3 Å². The maximum Gasteiger partial charge on any atom is 0.416 e. The van der Waals surface area contributed by atoms with E-state index < -0.39 is 11.7 Å². The predicted octanol–water partition coefficient (Wildman–Crippen LogP) is 6.51. The number of pyridine rings is 2. The molecule has 0 saturated heterocycles. The Bertz CT molecular complexity index is 1480. The van der Waals surface area contributed by atoms with Gasteiger partial charge in [-0.15, -0.1) is 0 Å². The minimum atomic E-state index is -4.48. The number of rotatable bonds is 6. The van der Waals surface area contributed by atoms with Gasteiger partial charge in [-0.3, -0.25) is 9.97 Å². The van der Waals surface area contributed by atoms with Crippen LogP contribution in [0, 0.1) is 0 Å². The van der Waals surface area contributed by atoms with Crippen molar-refractivity contribution in [1.82, 2.24) is 19.9 Å². The van der Waals surface area contributed by atoms with Gasteiger partial charge in [-0.1, -0.05) is 12.1 Å². The number of hydrogen-bond donors (Lipinski definition) is 1. The minimum Gasteiger partial charge on any atom is -0.439 e. The van der Waals surface area contributed by atoms with E-state index in [9.17, 15) is 13.2 Å². The van der Waals surface area contributed by atoms with Gasteiger partial charge in [0.1, 0.15) is 12.1 Å². The SMILES string of the molecule is FC(F)(F)c1ccc(-c2cc(Oc3ccc4cccnc4c3)ncn2)c(NCc2ccncc2)c1. The number of anilines is 1. The maximum atomic E-state index is 13.4. The van der Waals surface area contributed by atoms with Gasteiger partial charge in [0.25, 0.3) is 0 Å². The van der Waals surface area contributed by atoms with E-state index in [4.69, 9.17) is 4.74 Å². The van der Waals surface area contributed by atoms with Gasteiger partial charge in [-0.2, -0.15) is 13.2 Å². The Morgan fingerprint density at radius 2 is 1.69 bits per heavy atom. The molecule has 0 atom stereocenters. The van der Waals surface area contributed by atoms with Gasteiger partial charge in [0.2, 0.25) is 5.88 Å². The zero-order valence-electron chi connectivity index (χ0n) is 18.2. The molecule has 0 spiro atoms. The van der Waals surface area contributed by atoms with Crippen molar-refractivity contribution in [2.24, 2.45) is 0 Å². The summed E-state index contributed by atoms with van der Waals surface area (Å²) < 4.78 is 46.1. The van der Waals surface area contributed by atoms with E-state index in [0.717, 1.165) is 28.6 Å². The first-order valence-electron chi connectivity index (χ1n) is 10.6. The number of alkyl halides is 3. The molecule has 9 heteroatoms. The average Bonchev–Trinajstić information content (AvgIpc) is 2.87. The lowest BCUT2D eigenvalue weighted by Gasteiger charge is -2.15. The van der Waals surface area contributed by atoms with Crippen LogP contribution in [0.15, 0.2) is 91.6 Å². The van der Waals surface area contributed by atoms with Crippen LogP contribution in [0.4, 0.5) is 18.9 Å². The quantitative estimate of drug-likeness (QED) is 0.303. The lowest BCUT2D eigenvalue weighted by atomic mass is 10.0. The second kappa shape index (κ2) is 9.38. The largest absolute Gasteiger partial charge is 0.439 e. The van der Waals surface area contributed by atoms with Crippen LogP contribution in [0.3, 0.4) is 0 Å². The lowest BCUT2D eigenvalue weighted by Crippen LogP contribution is -2.08. The summed E-state index contributed by atoms with van der Waals surface area (Å²) in [7, 11) is 0. The molecule has 3 heterocycles. The molecule has 5 aromatic rings. The zero-order valence-corrected chi connectivity index (χ0v) is 18.2. The molecule has 0 radical (unpaired) electrons. The van der Waals surface area contributed by atoms with E-state index in [1.54, 1.807) is 48.9 Å². The highest BCUT2D eigenvalue weighted by Crippen LogP contribution is 2.36. The third-order valence-corrected chi connectivity index (χ3v) is 5.30. The van der Waals surface area contributed by atoms with E-state index in [-0.39, 0.29) is 11.6 Å². The number of fused-ring (bicyclic) bond motifs is 1. The molecule has 0 bridgehead atoms. The molecule has 0 aliphatic heterocycles. The Morgan fingerprint density at radius 3 is 2.51 bits per heavy atom. The van der Waals surface area contributed by atoms with Crippen LogP contribution in [0.1, 0.15) is 11.1 Å². The minimum absolute atomic E-state index is 0.255. The number of nitrogens with one attached hydrogen (secondary N) is 1. The standard InChI is InChI=1S/C26H18F3N5O/c27-26(28,29)19-4-6-21(23(12-19)32-15-17-7-10-30-11-8-17)24-14-25(34-16-33-24)35-20-5-3-18-2-1-9-31-22(18)13-20/h1-14,16,32H,15H2. The summed E-state index contributed by atoms with van der Waals surface area (Å²) in [5, 5.41) is 4.06. The maximum absolute atomic E-state index is 13.4. The van der Waals surface area contributed by atoms with Crippen molar-refractivity contribution in [3.05, 3.63) is 103 Å². The van der Waals surface area contributed by atoms with E-state index in [0.29, 0.717) is 23.6 Å². The third-order valence-electron chi connectivity index (χ3n) is 5.30. The highest BCUT2D eigenvalue weighted by molar-refractivity contribution is 5.80. The topological polar surface area (TPSA) is 72.8 Å². The number of hydrogen-bond acceptors (Lipinski definition) is 6. The molecule has 174 valence electrons. The normalized spacial score (nSPS) is 11.4. The first-order chi connectivity index (χ1) is 17.0. The fraction of sp³-hybridized carbons (Fsp3) is 0.0769. The lowest BCUT2D eigenvalue weighted by molar-refractivity contribution is -0.137. The van der Waals surface area contributed by atoms with Crippen molar-refractivity contribution in [3.63, 3.8) is 0 Å². The average molecular weight is 473 g/mol. The van der Waals surface area contributed by atoms with Crippen LogP contribution in [0.5, 0.6) is 11.6 Å². The number of aromatic nitrogens is 4. The summed E-state index contributed by atoms with van der Waals surface area (Å²) in [6.07, 6.45) is 1.78. The van der Waals surface area contributed by atoms with Crippen LogP contribution in [0.2, 0.25) is 0 Å². The Morgan fingerprint density at radius 1 is 0.829 bits per heavy atom. The van der Waals surface area contributed by atoms with Crippen molar-refractivity contribution in [1.29, 1.82) is 0 Å². The molecule has 6 nitrogen and oxygen atoms in total. The molecular formula is C26H18F3N5O. The molecule has 5 rings (SSSR count). The Hall–Kier alpha value is -4.53. The number of nitrogens with zero attached hydrogens (tertiary/aromatic N) is 4. The summed E-state index contributed by atoms with van der Waals surface area (Å²) in [6, 6.07) is 17.9. The fourth-order valence-corrected chi connectivity index (χ4v) is 3.56. The number of halogens is 3. The van der Waals surface area contributed by atoms with Crippen LogP contribution in [-0.2, 0) is 12.7 Å². The first kappa shape index (κ1) is 22.3. The molecule has 0 aliphatic carbocycles. The molecule has 0 unspecified atom stereocenters. The molecule has 2 aromatic carbocycles. The van der Waals surface area contributed by atoms with E-state index in [1.165, 1.54) is 12.4 Å². The van der Waals surface area contributed by atoms with Crippen molar-refractivity contribution in [3.8, 4) is 22.9 Å². The van der Waals surface area contributed by atoms with E-state index in [1.807, 2.05) is 18.2 Å². The zero-order chi connectivity index (χ0) is 24.3. The Kier molecular flexibility index (Phi) is 5.97. The second-order valence-corrected chi connectivity index (χ2v) is 7.67. The van der Waals surface area contributed by atoms with Crippen LogP contribution in [-0.4, -0.2) is 19.9 Å². The van der Waals surface area contributed by atoms with Gasteiger partial charge in [0, 0.05) is 53.9 Å². The van der Waals surface area contributed by atoms with Gasteiger partial charge in [0.15, 0.2) is 0 Å². The highest BCUT2D eigenvalue weighted by Gasteiger charge is 2.31. The molecule has 0 amide bonds. The smallest absolute Gasteiger partial charge is 0.416 e. The van der Waals surface area contributed by atoms with Crippen molar-refractivity contribution in [2.75, 3.05) is 5.32 Å². The van der Waals surface area contributed by atoms with E-state index >= 15 is 0 Å². The molecule has 3 aromatic heterocycles. The number of benzene rings is 2. The molecular weight excluding hydrogens is 455 g/mol. The van der Waals surface area contributed by atoms with Gasteiger partial charge < -0.3 is 10.1 Å². The third kappa shape index (κ3) is 5.19.